The van der Waals surface area contributed by atoms with E-state index in [-0.39, 0.29) is 5.56 Å². The molecule has 0 spiro atoms. The van der Waals surface area contributed by atoms with Gasteiger partial charge in [-0.05, 0) is 70.0 Å². The first-order chi connectivity index (χ1) is 16.1. The molecular formula is C25H18BrN3O4. The van der Waals surface area contributed by atoms with Crippen LogP contribution in [-0.4, -0.2) is 30.1 Å². The molecule has 0 aliphatic rings. The highest BCUT2D eigenvalue weighted by Gasteiger charge is 2.17. The molecule has 0 unspecified atom stereocenters. The van der Waals surface area contributed by atoms with Crippen LogP contribution in [-0.2, 0) is 0 Å². The summed E-state index contributed by atoms with van der Waals surface area (Å²) in [5.41, 5.74) is 1.66. The van der Waals surface area contributed by atoms with Crippen molar-refractivity contribution in [1.82, 2.24) is 9.66 Å². The predicted octanol–water partition coefficient (Wildman–Crippen LogP) is 5.47. The Kier molecular flexibility index (Phi) is 5.43. The first kappa shape index (κ1) is 21.0. The molecule has 5 aromatic rings. The van der Waals surface area contributed by atoms with Crippen LogP contribution in [0.4, 0.5) is 0 Å². The fourth-order valence-electron chi connectivity index (χ4n) is 3.60. The molecule has 2 heterocycles. The van der Waals surface area contributed by atoms with Gasteiger partial charge in [0, 0.05) is 0 Å². The van der Waals surface area contributed by atoms with Crippen molar-refractivity contribution in [2.24, 2.45) is 5.10 Å². The molecule has 0 aliphatic heterocycles. The quantitative estimate of drug-likeness (QED) is 0.297. The lowest BCUT2D eigenvalue weighted by atomic mass is 10.2. The second-order valence-corrected chi connectivity index (χ2v) is 8.05. The van der Waals surface area contributed by atoms with Crippen molar-refractivity contribution >= 4 is 44.0 Å². The van der Waals surface area contributed by atoms with E-state index in [2.05, 4.69) is 21.0 Å². The lowest BCUT2D eigenvalue weighted by molar-refractivity contribution is 0.412. The number of para-hydroxylation sites is 1. The van der Waals surface area contributed by atoms with E-state index >= 15 is 0 Å². The third kappa shape index (κ3) is 3.78. The Hall–Kier alpha value is -3.91. The Bertz CT molecular complexity index is 1590. The molecule has 0 bridgehead atoms. The number of benzene rings is 3. The van der Waals surface area contributed by atoms with Gasteiger partial charge < -0.3 is 13.9 Å². The van der Waals surface area contributed by atoms with Crippen molar-refractivity contribution in [2.75, 3.05) is 14.2 Å². The molecule has 0 atom stereocenters. The summed E-state index contributed by atoms with van der Waals surface area (Å²) < 4.78 is 18.8. The Labute approximate surface area is 197 Å². The molecule has 0 saturated heterocycles. The van der Waals surface area contributed by atoms with Crippen molar-refractivity contribution in [2.45, 2.75) is 0 Å². The summed E-state index contributed by atoms with van der Waals surface area (Å²) in [5, 5.41) is 5.72. The molecule has 3 aromatic carbocycles. The van der Waals surface area contributed by atoms with Crippen LogP contribution in [0.15, 0.2) is 85.5 Å². The van der Waals surface area contributed by atoms with Gasteiger partial charge in [-0.1, -0.05) is 18.2 Å². The predicted molar refractivity (Wildman–Crippen MR) is 131 cm³/mol. The summed E-state index contributed by atoms with van der Waals surface area (Å²) in [7, 11) is 3.20. The number of furan rings is 1. The molecule has 0 amide bonds. The fourth-order valence-corrected chi connectivity index (χ4v) is 4.16. The van der Waals surface area contributed by atoms with E-state index in [1.807, 2.05) is 42.5 Å². The minimum atomic E-state index is -0.299. The third-order valence-electron chi connectivity index (χ3n) is 5.21. The van der Waals surface area contributed by atoms with Crippen molar-refractivity contribution < 1.29 is 13.9 Å². The molecule has 0 saturated carbocycles. The van der Waals surface area contributed by atoms with E-state index in [1.165, 1.54) is 4.68 Å². The highest BCUT2D eigenvalue weighted by molar-refractivity contribution is 9.10. The average molecular weight is 504 g/mol. The fraction of sp³-hybridized carbons (Fsp3) is 0.0800. The van der Waals surface area contributed by atoms with E-state index in [0.717, 1.165) is 15.4 Å². The van der Waals surface area contributed by atoms with Gasteiger partial charge in [0.15, 0.2) is 5.76 Å². The molecule has 0 N–H and O–H groups in total. The lowest BCUT2D eigenvalue weighted by Crippen LogP contribution is -2.20. The normalized spacial score (nSPS) is 11.5. The van der Waals surface area contributed by atoms with Gasteiger partial charge in [-0.15, -0.1) is 0 Å². The molecule has 0 fully saturated rings. The maximum absolute atomic E-state index is 13.4. The van der Waals surface area contributed by atoms with Gasteiger partial charge >= 0.3 is 0 Å². The van der Waals surface area contributed by atoms with E-state index in [9.17, 15) is 4.79 Å². The summed E-state index contributed by atoms with van der Waals surface area (Å²) in [5.74, 6) is 2.07. The van der Waals surface area contributed by atoms with Crippen molar-refractivity contribution in [1.29, 1.82) is 0 Å². The first-order valence-electron chi connectivity index (χ1n) is 10.1. The van der Waals surface area contributed by atoms with E-state index in [0.29, 0.717) is 39.6 Å². The molecule has 0 radical (unpaired) electrons. The van der Waals surface area contributed by atoms with Crippen molar-refractivity contribution in [3.8, 4) is 23.1 Å². The third-order valence-corrected chi connectivity index (χ3v) is 5.83. The maximum atomic E-state index is 13.4. The number of methoxy groups -OCH3 is 2. The minimum Gasteiger partial charge on any atom is -0.496 e. The van der Waals surface area contributed by atoms with Crippen LogP contribution in [0.2, 0.25) is 0 Å². The topological polar surface area (TPSA) is 78.8 Å². The number of nitrogens with zero attached hydrogens (tertiary/aromatic N) is 3. The second-order valence-electron chi connectivity index (χ2n) is 7.19. The Morgan fingerprint density at radius 1 is 0.970 bits per heavy atom. The number of hydrogen-bond donors (Lipinski definition) is 0. The molecule has 164 valence electrons. The highest BCUT2D eigenvalue weighted by atomic mass is 79.9. The van der Waals surface area contributed by atoms with E-state index in [1.54, 1.807) is 44.7 Å². The molecule has 7 nitrogen and oxygen atoms in total. The van der Waals surface area contributed by atoms with Crippen LogP contribution in [0.3, 0.4) is 0 Å². The molecule has 8 heteroatoms. The Morgan fingerprint density at radius 3 is 2.58 bits per heavy atom. The molecule has 5 rings (SSSR count). The number of aromatic nitrogens is 2. The highest BCUT2D eigenvalue weighted by Crippen LogP contribution is 2.33. The van der Waals surface area contributed by atoms with E-state index < -0.39 is 0 Å². The van der Waals surface area contributed by atoms with Gasteiger partial charge in [-0.2, -0.15) is 9.78 Å². The first-order valence-corrected chi connectivity index (χ1v) is 10.8. The van der Waals surface area contributed by atoms with Crippen LogP contribution in [0.1, 0.15) is 5.56 Å². The largest absolute Gasteiger partial charge is 0.496 e. The van der Waals surface area contributed by atoms with Gasteiger partial charge in [0.25, 0.3) is 5.56 Å². The van der Waals surface area contributed by atoms with Crippen LogP contribution in [0.25, 0.3) is 33.5 Å². The van der Waals surface area contributed by atoms with E-state index in [4.69, 9.17) is 18.9 Å². The zero-order chi connectivity index (χ0) is 22.9. The second kappa shape index (κ2) is 8.55. The molecular weight excluding hydrogens is 486 g/mol. The van der Waals surface area contributed by atoms with Crippen LogP contribution in [0.5, 0.6) is 11.5 Å². The minimum absolute atomic E-state index is 0.292. The number of ether oxygens (including phenoxy) is 2. The van der Waals surface area contributed by atoms with Gasteiger partial charge in [0.2, 0.25) is 5.82 Å². The van der Waals surface area contributed by atoms with Gasteiger partial charge in [0.05, 0.1) is 41.2 Å². The Balaban J connectivity index is 1.71. The van der Waals surface area contributed by atoms with Crippen LogP contribution >= 0.6 is 15.9 Å². The maximum Gasteiger partial charge on any atom is 0.282 e. The summed E-state index contributed by atoms with van der Waals surface area (Å²) >= 11 is 3.47. The number of rotatable bonds is 5. The molecule has 2 aromatic heterocycles. The van der Waals surface area contributed by atoms with Gasteiger partial charge in [0.1, 0.15) is 17.1 Å². The number of halogens is 1. The molecule has 33 heavy (non-hydrogen) atoms. The lowest BCUT2D eigenvalue weighted by Gasteiger charge is -2.07. The van der Waals surface area contributed by atoms with Crippen LogP contribution in [0, 0.1) is 0 Å². The summed E-state index contributed by atoms with van der Waals surface area (Å²) in [4.78, 5) is 18.1. The van der Waals surface area contributed by atoms with Crippen molar-refractivity contribution in [3.05, 3.63) is 87.1 Å². The summed E-state index contributed by atoms with van der Waals surface area (Å²) in [6, 6.07) is 20.0. The van der Waals surface area contributed by atoms with Crippen molar-refractivity contribution in [3.63, 3.8) is 0 Å². The Morgan fingerprint density at radius 2 is 1.79 bits per heavy atom. The standard InChI is InChI=1S/C25H18BrN3O4/c1-31-20-8-5-9-21-17(20)13-23(33-21)24-28-19-7-4-3-6-16(19)25(30)29(24)27-14-15-10-11-22(32-2)18(26)12-15/h3-14H,1-2H3. The van der Waals surface area contributed by atoms with Gasteiger partial charge in [-0.3, -0.25) is 4.79 Å². The molecule has 0 aliphatic carbocycles. The average Bonchev–Trinajstić information content (AvgIpc) is 3.28. The summed E-state index contributed by atoms with van der Waals surface area (Å²) in [6.45, 7) is 0. The zero-order valence-electron chi connectivity index (χ0n) is 17.8. The van der Waals surface area contributed by atoms with Gasteiger partial charge in [-0.25, -0.2) is 4.98 Å². The smallest absolute Gasteiger partial charge is 0.282 e. The zero-order valence-corrected chi connectivity index (χ0v) is 19.4. The SMILES string of the molecule is COc1ccc(C=Nn2c(-c3cc4c(OC)cccc4o3)nc3ccccc3c2=O)cc1Br. The monoisotopic (exact) mass is 503 g/mol. The summed E-state index contributed by atoms with van der Waals surface area (Å²) in [6.07, 6.45) is 1.59. The van der Waals surface area contributed by atoms with Crippen LogP contribution < -0.4 is 15.0 Å². The number of fused-ring (bicyclic) bond motifs is 2. The number of hydrogen-bond acceptors (Lipinski definition) is 6.